The minimum Gasteiger partial charge on any atom is -0.497 e. The lowest BCUT2D eigenvalue weighted by atomic mass is 10.1. The first-order chi connectivity index (χ1) is 14.8. The molecule has 1 N–H and O–H groups in total. The van der Waals surface area contributed by atoms with Crippen molar-refractivity contribution in [1.29, 1.82) is 0 Å². The predicted octanol–water partition coefficient (Wildman–Crippen LogP) is 4.91. The highest BCUT2D eigenvalue weighted by atomic mass is 35.5. The van der Waals surface area contributed by atoms with Crippen LogP contribution in [-0.2, 0) is 21.9 Å². The van der Waals surface area contributed by atoms with Crippen LogP contribution in [0.2, 0.25) is 5.02 Å². The molecule has 0 radical (unpaired) electrons. The van der Waals surface area contributed by atoms with E-state index in [0.29, 0.717) is 17.3 Å². The smallest absolute Gasteiger partial charge is 0.242 e. The Morgan fingerprint density at radius 2 is 1.81 bits per heavy atom. The fourth-order valence-corrected chi connectivity index (χ4v) is 4.12. The summed E-state index contributed by atoms with van der Waals surface area (Å²) < 4.78 is 5.21. The third-order valence-corrected chi connectivity index (χ3v) is 6.46. The highest BCUT2D eigenvalue weighted by Crippen LogP contribution is 2.22. The SMILES string of the molecule is CC[C@H](C)NC(=O)[C@H](C)N(Cc1ccc(OC)cc1)C(=O)CSCc1ccccc1Cl. The Labute approximate surface area is 194 Å². The van der Waals surface area contributed by atoms with Gasteiger partial charge in [-0.2, -0.15) is 0 Å². The van der Waals surface area contributed by atoms with Crippen molar-refractivity contribution in [2.75, 3.05) is 12.9 Å². The number of nitrogens with zero attached hydrogens (tertiary/aromatic N) is 1. The van der Waals surface area contributed by atoms with Crippen molar-refractivity contribution in [2.45, 2.75) is 51.6 Å². The summed E-state index contributed by atoms with van der Waals surface area (Å²) in [4.78, 5) is 27.5. The van der Waals surface area contributed by atoms with E-state index in [-0.39, 0.29) is 23.6 Å². The molecule has 0 heterocycles. The molecule has 2 amide bonds. The van der Waals surface area contributed by atoms with Gasteiger partial charge in [-0.3, -0.25) is 9.59 Å². The zero-order chi connectivity index (χ0) is 22.8. The molecule has 2 aromatic carbocycles. The fraction of sp³-hybridized carbons (Fsp3) is 0.417. The average molecular weight is 463 g/mol. The van der Waals surface area contributed by atoms with Crippen molar-refractivity contribution in [3.63, 3.8) is 0 Å². The van der Waals surface area contributed by atoms with Crippen molar-refractivity contribution in [1.82, 2.24) is 10.2 Å². The second-order valence-electron chi connectivity index (χ2n) is 7.45. The van der Waals surface area contributed by atoms with Crippen molar-refractivity contribution in [2.24, 2.45) is 0 Å². The Bertz CT molecular complexity index is 860. The van der Waals surface area contributed by atoms with Crippen LogP contribution in [0.4, 0.5) is 0 Å². The van der Waals surface area contributed by atoms with Gasteiger partial charge in [0.05, 0.1) is 12.9 Å². The molecule has 0 bridgehead atoms. The normalized spacial score (nSPS) is 12.7. The Kier molecular flexibility index (Phi) is 10.2. The molecule has 0 aliphatic carbocycles. The van der Waals surface area contributed by atoms with Gasteiger partial charge in [0.25, 0.3) is 0 Å². The molecular formula is C24H31ClN2O3S. The number of amides is 2. The molecule has 31 heavy (non-hydrogen) atoms. The van der Waals surface area contributed by atoms with Gasteiger partial charge in [-0.25, -0.2) is 0 Å². The van der Waals surface area contributed by atoms with Crippen LogP contribution in [0.1, 0.15) is 38.3 Å². The van der Waals surface area contributed by atoms with E-state index >= 15 is 0 Å². The van der Waals surface area contributed by atoms with Crippen LogP contribution in [-0.4, -0.2) is 41.7 Å². The lowest BCUT2D eigenvalue weighted by molar-refractivity contribution is -0.138. The molecule has 2 rings (SSSR count). The maximum atomic E-state index is 13.1. The van der Waals surface area contributed by atoms with Crippen LogP contribution < -0.4 is 10.1 Å². The lowest BCUT2D eigenvalue weighted by Gasteiger charge is -2.29. The first-order valence-electron chi connectivity index (χ1n) is 10.4. The number of halogens is 1. The summed E-state index contributed by atoms with van der Waals surface area (Å²) in [7, 11) is 1.61. The third-order valence-electron chi connectivity index (χ3n) is 5.12. The van der Waals surface area contributed by atoms with E-state index in [9.17, 15) is 9.59 Å². The molecule has 2 atom stereocenters. The molecule has 0 spiro atoms. The largest absolute Gasteiger partial charge is 0.497 e. The molecule has 5 nitrogen and oxygen atoms in total. The van der Waals surface area contributed by atoms with E-state index < -0.39 is 6.04 Å². The molecule has 0 saturated carbocycles. The van der Waals surface area contributed by atoms with Crippen LogP contribution in [0.25, 0.3) is 0 Å². The summed E-state index contributed by atoms with van der Waals surface area (Å²) in [5, 5.41) is 3.67. The van der Waals surface area contributed by atoms with Gasteiger partial charge < -0.3 is 15.0 Å². The first-order valence-corrected chi connectivity index (χ1v) is 11.9. The van der Waals surface area contributed by atoms with Gasteiger partial charge in [0, 0.05) is 23.4 Å². The quantitative estimate of drug-likeness (QED) is 0.515. The van der Waals surface area contributed by atoms with E-state index in [4.69, 9.17) is 16.3 Å². The third kappa shape index (κ3) is 7.78. The minimum atomic E-state index is -0.579. The topological polar surface area (TPSA) is 58.6 Å². The van der Waals surface area contributed by atoms with Gasteiger partial charge in [-0.05, 0) is 49.6 Å². The van der Waals surface area contributed by atoms with E-state index in [0.717, 1.165) is 23.3 Å². The lowest BCUT2D eigenvalue weighted by Crippen LogP contribution is -2.50. The minimum absolute atomic E-state index is 0.0579. The second kappa shape index (κ2) is 12.6. The fourth-order valence-electron chi connectivity index (χ4n) is 2.92. The van der Waals surface area contributed by atoms with Crippen LogP contribution in [0.15, 0.2) is 48.5 Å². The first kappa shape index (κ1) is 25.1. The number of hydrogen-bond donors (Lipinski definition) is 1. The van der Waals surface area contributed by atoms with Crippen LogP contribution >= 0.6 is 23.4 Å². The van der Waals surface area contributed by atoms with E-state index in [2.05, 4.69) is 5.32 Å². The van der Waals surface area contributed by atoms with Crippen LogP contribution in [0.3, 0.4) is 0 Å². The monoisotopic (exact) mass is 462 g/mol. The molecular weight excluding hydrogens is 432 g/mol. The molecule has 0 aromatic heterocycles. The predicted molar refractivity (Wildman–Crippen MR) is 129 cm³/mol. The number of methoxy groups -OCH3 is 1. The molecule has 0 aliphatic heterocycles. The summed E-state index contributed by atoms with van der Waals surface area (Å²) in [6.45, 7) is 6.10. The summed E-state index contributed by atoms with van der Waals surface area (Å²) in [5.74, 6) is 1.42. The summed E-state index contributed by atoms with van der Waals surface area (Å²) >= 11 is 7.71. The average Bonchev–Trinajstić information content (AvgIpc) is 2.78. The molecule has 0 unspecified atom stereocenters. The zero-order valence-corrected chi connectivity index (χ0v) is 20.1. The van der Waals surface area contributed by atoms with Gasteiger partial charge >= 0.3 is 0 Å². The summed E-state index contributed by atoms with van der Waals surface area (Å²) in [6.07, 6.45) is 0.832. The Morgan fingerprint density at radius 3 is 2.42 bits per heavy atom. The molecule has 0 saturated heterocycles. The molecule has 0 fully saturated rings. The molecule has 0 aliphatic rings. The highest BCUT2D eigenvalue weighted by Gasteiger charge is 2.26. The van der Waals surface area contributed by atoms with E-state index in [1.54, 1.807) is 18.9 Å². The van der Waals surface area contributed by atoms with Gasteiger partial charge in [-0.1, -0.05) is 48.9 Å². The maximum Gasteiger partial charge on any atom is 0.242 e. The Hall–Kier alpha value is -2.18. The van der Waals surface area contributed by atoms with Crippen LogP contribution in [0.5, 0.6) is 5.75 Å². The summed E-state index contributed by atoms with van der Waals surface area (Å²) in [5.41, 5.74) is 1.93. The number of ether oxygens (including phenoxy) is 1. The number of carbonyl (C=O) groups excluding carboxylic acids is 2. The summed E-state index contributed by atoms with van der Waals surface area (Å²) in [6, 6.07) is 14.6. The number of rotatable bonds is 11. The molecule has 7 heteroatoms. The van der Waals surface area contributed by atoms with Crippen LogP contribution in [0, 0.1) is 0 Å². The number of carbonyl (C=O) groups is 2. The van der Waals surface area contributed by atoms with Crippen molar-refractivity contribution < 1.29 is 14.3 Å². The van der Waals surface area contributed by atoms with E-state index in [1.807, 2.05) is 62.4 Å². The zero-order valence-electron chi connectivity index (χ0n) is 18.6. The van der Waals surface area contributed by atoms with Gasteiger partial charge in [0.2, 0.25) is 11.8 Å². The van der Waals surface area contributed by atoms with Crippen molar-refractivity contribution in [3.8, 4) is 5.75 Å². The van der Waals surface area contributed by atoms with Gasteiger partial charge in [-0.15, -0.1) is 11.8 Å². The van der Waals surface area contributed by atoms with E-state index in [1.165, 1.54) is 11.8 Å². The Morgan fingerprint density at radius 1 is 1.13 bits per heavy atom. The van der Waals surface area contributed by atoms with Crippen molar-refractivity contribution in [3.05, 3.63) is 64.7 Å². The number of benzene rings is 2. The highest BCUT2D eigenvalue weighted by molar-refractivity contribution is 7.99. The second-order valence-corrected chi connectivity index (χ2v) is 8.84. The van der Waals surface area contributed by atoms with Gasteiger partial charge in [0.1, 0.15) is 11.8 Å². The maximum absolute atomic E-state index is 13.1. The number of hydrogen-bond acceptors (Lipinski definition) is 4. The number of thioether (sulfide) groups is 1. The standard InChI is InChI=1S/C24H31ClN2O3S/c1-5-17(2)26-24(29)18(3)27(14-19-10-12-21(30-4)13-11-19)23(28)16-31-15-20-8-6-7-9-22(20)25/h6-13,17-18H,5,14-16H2,1-4H3,(H,26,29)/t17-,18-/m0/s1. The van der Waals surface area contributed by atoms with Gasteiger partial charge in [0.15, 0.2) is 0 Å². The molecule has 168 valence electrons. The number of nitrogens with one attached hydrogen (secondary N) is 1. The van der Waals surface area contributed by atoms with Crippen molar-refractivity contribution >= 4 is 35.2 Å². The molecule has 2 aromatic rings. The Balaban J connectivity index is 2.09.